The van der Waals surface area contributed by atoms with Crippen LogP contribution in [0.4, 0.5) is 5.69 Å². The van der Waals surface area contributed by atoms with E-state index < -0.39 is 0 Å². The van der Waals surface area contributed by atoms with Gasteiger partial charge in [-0.2, -0.15) is 5.10 Å². The summed E-state index contributed by atoms with van der Waals surface area (Å²) in [6.45, 7) is 2.42. The summed E-state index contributed by atoms with van der Waals surface area (Å²) in [5.41, 5.74) is 1.47. The standard InChI is InChI=1S/C20H26N4O4/c1-5-28-16-8-6-14(10-17(16)27-4)22-20(26)15-7-9-18(25)24(3)19(15)13-11-21-23(2)12-13/h6,8,10-12,15,19H,5,7,9H2,1-4H3,(H,22,26). The monoisotopic (exact) mass is 386 g/mol. The first-order chi connectivity index (χ1) is 13.4. The van der Waals surface area contributed by atoms with Gasteiger partial charge in [0.1, 0.15) is 0 Å². The van der Waals surface area contributed by atoms with Gasteiger partial charge in [0.05, 0.1) is 31.9 Å². The first-order valence-corrected chi connectivity index (χ1v) is 9.30. The number of rotatable bonds is 6. The Morgan fingerprint density at radius 3 is 2.75 bits per heavy atom. The van der Waals surface area contributed by atoms with E-state index in [1.807, 2.05) is 20.2 Å². The number of piperidine rings is 1. The molecule has 1 aliphatic heterocycles. The van der Waals surface area contributed by atoms with Crippen molar-refractivity contribution < 1.29 is 19.1 Å². The van der Waals surface area contributed by atoms with Crippen molar-refractivity contribution in [2.24, 2.45) is 13.0 Å². The number of hydrogen-bond donors (Lipinski definition) is 1. The smallest absolute Gasteiger partial charge is 0.229 e. The van der Waals surface area contributed by atoms with E-state index in [4.69, 9.17) is 9.47 Å². The summed E-state index contributed by atoms with van der Waals surface area (Å²) >= 11 is 0. The molecule has 2 heterocycles. The highest BCUT2D eigenvalue weighted by molar-refractivity contribution is 5.95. The summed E-state index contributed by atoms with van der Waals surface area (Å²) in [6, 6.07) is 4.94. The summed E-state index contributed by atoms with van der Waals surface area (Å²) in [6.07, 6.45) is 4.39. The minimum atomic E-state index is -0.371. The molecule has 0 aliphatic carbocycles. The molecular formula is C20H26N4O4. The fourth-order valence-electron chi connectivity index (χ4n) is 3.62. The van der Waals surface area contributed by atoms with Crippen LogP contribution < -0.4 is 14.8 Å². The lowest BCUT2D eigenvalue weighted by Gasteiger charge is -2.37. The Morgan fingerprint density at radius 1 is 1.32 bits per heavy atom. The Labute approximate surface area is 164 Å². The lowest BCUT2D eigenvalue weighted by Crippen LogP contribution is -2.44. The number of ether oxygens (including phenoxy) is 2. The zero-order valence-corrected chi connectivity index (χ0v) is 16.6. The summed E-state index contributed by atoms with van der Waals surface area (Å²) in [7, 11) is 5.11. The molecule has 2 unspecified atom stereocenters. The minimum absolute atomic E-state index is 0.0284. The third-order valence-corrected chi connectivity index (χ3v) is 5.00. The van der Waals surface area contributed by atoms with Gasteiger partial charge in [0.2, 0.25) is 11.8 Å². The molecule has 150 valence electrons. The highest BCUT2D eigenvalue weighted by Gasteiger charge is 2.39. The number of aromatic nitrogens is 2. The largest absolute Gasteiger partial charge is 0.493 e. The van der Waals surface area contributed by atoms with Crippen molar-refractivity contribution in [2.75, 3.05) is 26.1 Å². The number of benzene rings is 1. The van der Waals surface area contributed by atoms with Crippen molar-refractivity contribution in [3.8, 4) is 11.5 Å². The van der Waals surface area contributed by atoms with E-state index in [0.717, 1.165) is 5.56 Å². The summed E-state index contributed by atoms with van der Waals surface area (Å²) in [5, 5.41) is 7.15. The molecule has 28 heavy (non-hydrogen) atoms. The third kappa shape index (κ3) is 3.95. The fraction of sp³-hybridized carbons (Fsp3) is 0.450. The Morgan fingerprint density at radius 2 is 2.11 bits per heavy atom. The fourth-order valence-corrected chi connectivity index (χ4v) is 3.62. The highest BCUT2D eigenvalue weighted by atomic mass is 16.5. The summed E-state index contributed by atoms with van der Waals surface area (Å²) < 4.78 is 12.5. The number of likely N-dealkylation sites (tertiary alicyclic amines) is 1. The Kier molecular flexibility index (Phi) is 5.87. The van der Waals surface area contributed by atoms with Gasteiger partial charge < -0.3 is 19.7 Å². The zero-order chi connectivity index (χ0) is 20.3. The van der Waals surface area contributed by atoms with Gasteiger partial charge >= 0.3 is 0 Å². The van der Waals surface area contributed by atoms with Gasteiger partial charge in [-0.05, 0) is 25.5 Å². The summed E-state index contributed by atoms with van der Waals surface area (Å²) in [4.78, 5) is 26.9. The number of amides is 2. The number of anilines is 1. The predicted octanol–water partition coefficient (Wildman–Crippen LogP) is 2.38. The first kappa shape index (κ1) is 19.7. The Balaban J connectivity index is 1.82. The second-order valence-electron chi connectivity index (χ2n) is 6.83. The molecule has 1 aromatic carbocycles. The van der Waals surface area contributed by atoms with Gasteiger partial charge in [-0.25, -0.2) is 0 Å². The van der Waals surface area contributed by atoms with Gasteiger partial charge in [0, 0.05) is 44.0 Å². The Hall–Kier alpha value is -3.03. The van der Waals surface area contributed by atoms with E-state index >= 15 is 0 Å². The Bertz CT molecular complexity index is 864. The first-order valence-electron chi connectivity index (χ1n) is 9.30. The molecule has 2 aromatic rings. The van der Waals surface area contributed by atoms with Crippen LogP contribution in [0.2, 0.25) is 0 Å². The molecule has 1 saturated heterocycles. The lowest BCUT2D eigenvalue weighted by molar-refractivity contribution is -0.140. The van der Waals surface area contributed by atoms with Crippen LogP contribution in [0.1, 0.15) is 31.4 Å². The van der Waals surface area contributed by atoms with Gasteiger partial charge in [-0.15, -0.1) is 0 Å². The molecule has 1 aliphatic rings. The number of aryl methyl sites for hydroxylation is 1. The van der Waals surface area contributed by atoms with Crippen LogP contribution in [-0.4, -0.2) is 47.3 Å². The molecule has 0 bridgehead atoms. The number of nitrogens with zero attached hydrogens (tertiary/aromatic N) is 3. The van der Waals surface area contributed by atoms with Crippen molar-refractivity contribution in [3.05, 3.63) is 36.2 Å². The molecule has 1 aromatic heterocycles. The normalized spacial score (nSPS) is 19.4. The molecule has 2 amide bonds. The summed E-state index contributed by atoms with van der Waals surface area (Å²) in [5.74, 6) is 0.697. The number of carbonyl (C=O) groups excluding carboxylic acids is 2. The van der Waals surface area contributed by atoms with Gasteiger partial charge in [0.15, 0.2) is 11.5 Å². The number of carbonyl (C=O) groups is 2. The zero-order valence-electron chi connectivity index (χ0n) is 16.6. The van der Waals surface area contributed by atoms with E-state index in [-0.39, 0.29) is 23.8 Å². The minimum Gasteiger partial charge on any atom is -0.493 e. The van der Waals surface area contributed by atoms with Crippen molar-refractivity contribution >= 4 is 17.5 Å². The van der Waals surface area contributed by atoms with E-state index in [1.54, 1.807) is 48.1 Å². The maximum Gasteiger partial charge on any atom is 0.229 e. The number of hydrogen-bond acceptors (Lipinski definition) is 5. The molecule has 1 fully saturated rings. The maximum absolute atomic E-state index is 13.1. The molecular weight excluding hydrogens is 360 g/mol. The predicted molar refractivity (Wildman–Crippen MR) is 104 cm³/mol. The van der Waals surface area contributed by atoms with Crippen LogP contribution in [0.25, 0.3) is 0 Å². The van der Waals surface area contributed by atoms with Gasteiger partial charge in [-0.3, -0.25) is 14.3 Å². The second-order valence-corrected chi connectivity index (χ2v) is 6.83. The average molecular weight is 386 g/mol. The van der Waals surface area contributed by atoms with Crippen molar-refractivity contribution in [2.45, 2.75) is 25.8 Å². The van der Waals surface area contributed by atoms with E-state index in [9.17, 15) is 9.59 Å². The van der Waals surface area contributed by atoms with E-state index in [0.29, 0.717) is 36.6 Å². The second kappa shape index (κ2) is 8.33. The molecule has 2 atom stereocenters. The lowest BCUT2D eigenvalue weighted by atomic mass is 9.85. The third-order valence-electron chi connectivity index (χ3n) is 5.00. The topological polar surface area (TPSA) is 85.7 Å². The highest BCUT2D eigenvalue weighted by Crippen LogP contribution is 2.37. The van der Waals surface area contributed by atoms with E-state index in [2.05, 4.69) is 10.4 Å². The maximum atomic E-state index is 13.1. The van der Waals surface area contributed by atoms with Gasteiger partial charge in [0.25, 0.3) is 0 Å². The van der Waals surface area contributed by atoms with Crippen LogP contribution in [0.3, 0.4) is 0 Å². The van der Waals surface area contributed by atoms with Crippen LogP contribution >= 0.6 is 0 Å². The quantitative estimate of drug-likeness (QED) is 0.824. The molecule has 8 heteroatoms. The van der Waals surface area contributed by atoms with Crippen LogP contribution in [-0.2, 0) is 16.6 Å². The van der Waals surface area contributed by atoms with Gasteiger partial charge in [-0.1, -0.05) is 0 Å². The van der Waals surface area contributed by atoms with E-state index in [1.165, 1.54) is 0 Å². The molecule has 1 N–H and O–H groups in total. The molecule has 0 spiro atoms. The number of methoxy groups -OCH3 is 1. The molecule has 0 radical (unpaired) electrons. The molecule has 0 saturated carbocycles. The number of nitrogens with one attached hydrogen (secondary N) is 1. The molecule has 3 rings (SSSR count). The van der Waals surface area contributed by atoms with Crippen molar-refractivity contribution in [1.82, 2.24) is 14.7 Å². The van der Waals surface area contributed by atoms with Crippen LogP contribution in [0.5, 0.6) is 11.5 Å². The van der Waals surface area contributed by atoms with Crippen molar-refractivity contribution in [3.63, 3.8) is 0 Å². The molecule has 8 nitrogen and oxygen atoms in total. The SMILES string of the molecule is CCOc1ccc(NC(=O)C2CCC(=O)N(C)C2c2cnn(C)c2)cc1OC. The average Bonchev–Trinajstić information content (AvgIpc) is 3.10. The van der Waals surface area contributed by atoms with Crippen LogP contribution in [0, 0.1) is 5.92 Å². The van der Waals surface area contributed by atoms with Crippen LogP contribution in [0.15, 0.2) is 30.6 Å². The van der Waals surface area contributed by atoms with Crippen molar-refractivity contribution in [1.29, 1.82) is 0 Å².